The van der Waals surface area contributed by atoms with Gasteiger partial charge < -0.3 is 10.2 Å². The van der Waals surface area contributed by atoms with E-state index in [9.17, 15) is 14.4 Å². The van der Waals surface area contributed by atoms with Gasteiger partial charge in [0.05, 0.1) is 0 Å². The highest BCUT2D eigenvalue weighted by Gasteiger charge is 2.55. The lowest BCUT2D eigenvalue weighted by molar-refractivity contribution is -0.141. The highest BCUT2D eigenvalue weighted by molar-refractivity contribution is 6.09. The molecule has 2 aliphatic rings. The first kappa shape index (κ1) is 19.4. The summed E-state index contributed by atoms with van der Waals surface area (Å²) >= 11 is 0. The van der Waals surface area contributed by atoms with Gasteiger partial charge in [-0.25, -0.2) is 4.79 Å². The molecule has 1 aliphatic heterocycles. The molecule has 0 radical (unpaired) electrons. The zero-order chi connectivity index (χ0) is 19.6. The van der Waals surface area contributed by atoms with E-state index in [1.54, 1.807) is 4.90 Å². The normalized spacial score (nSPS) is 25.2. The van der Waals surface area contributed by atoms with Crippen LogP contribution in [0.4, 0.5) is 4.79 Å². The second kappa shape index (κ2) is 7.71. The molecule has 1 heterocycles. The van der Waals surface area contributed by atoms with E-state index < -0.39 is 11.6 Å². The van der Waals surface area contributed by atoms with Gasteiger partial charge in [0, 0.05) is 12.6 Å². The number of imide groups is 1. The van der Waals surface area contributed by atoms with E-state index in [1.807, 2.05) is 51.1 Å². The van der Waals surface area contributed by atoms with Crippen LogP contribution < -0.4 is 5.32 Å². The van der Waals surface area contributed by atoms with Crippen LogP contribution in [0.2, 0.25) is 0 Å². The van der Waals surface area contributed by atoms with Crippen molar-refractivity contribution in [3.63, 3.8) is 0 Å². The second-order valence-electron chi connectivity index (χ2n) is 8.04. The van der Waals surface area contributed by atoms with Crippen LogP contribution in [-0.4, -0.2) is 45.8 Å². The van der Waals surface area contributed by atoms with Crippen molar-refractivity contribution in [3.8, 4) is 0 Å². The standard InChI is InChI=1S/C21H29N3O3/c1-15(2)23(13-17-10-5-4-6-11-17)18(25)14-24-19(26)21(22-20(24)27)12-8-7-9-16(21)3/h4-6,10-11,15-16H,7-9,12-14H2,1-3H3,(H,22,27)/t16-,21+/m1/s1. The van der Waals surface area contributed by atoms with Crippen LogP contribution in [0, 0.1) is 5.92 Å². The molecule has 1 N–H and O–H groups in total. The maximum atomic E-state index is 13.1. The Bertz CT molecular complexity index is 719. The molecule has 3 rings (SSSR count). The zero-order valence-corrected chi connectivity index (χ0v) is 16.4. The molecule has 1 spiro atoms. The van der Waals surface area contributed by atoms with Gasteiger partial charge in [-0.15, -0.1) is 0 Å². The average Bonchev–Trinajstić information content (AvgIpc) is 2.88. The van der Waals surface area contributed by atoms with Gasteiger partial charge in [0.15, 0.2) is 0 Å². The van der Waals surface area contributed by atoms with Gasteiger partial charge in [-0.2, -0.15) is 0 Å². The maximum absolute atomic E-state index is 13.1. The van der Waals surface area contributed by atoms with Crippen molar-refractivity contribution in [1.82, 2.24) is 15.1 Å². The molecule has 2 atom stereocenters. The highest BCUT2D eigenvalue weighted by atomic mass is 16.2. The minimum Gasteiger partial charge on any atom is -0.334 e. The van der Waals surface area contributed by atoms with E-state index in [0.29, 0.717) is 13.0 Å². The number of nitrogens with zero attached hydrogens (tertiary/aromatic N) is 2. The zero-order valence-electron chi connectivity index (χ0n) is 16.4. The van der Waals surface area contributed by atoms with E-state index >= 15 is 0 Å². The van der Waals surface area contributed by atoms with Crippen LogP contribution in [0.1, 0.15) is 52.0 Å². The van der Waals surface area contributed by atoms with Crippen LogP contribution in [0.5, 0.6) is 0 Å². The highest BCUT2D eigenvalue weighted by Crippen LogP contribution is 2.38. The van der Waals surface area contributed by atoms with Crippen LogP contribution >= 0.6 is 0 Å². The summed E-state index contributed by atoms with van der Waals surface area (Å²) in [6.07, 6.45) is 3.56. The minimum absolute atomic E-state index is 0.0268. The maximum Gasteiger partial charge on any atom is 0.325 e. The van der Waals surface area contributed by atoms with Gasteiger partial charge in [-0.05, 0) is 38.2 Å². The third-order valence-corrected chi connectivity index (χ3v) is 5.93. The van der Waals surface area contributed by atoms with Crippen LogP contribution in [-0.2, 0) is 16.1 Å². The van der Waals surface area contributed by atoms with Crippen molar-refractivity contribution in [2.75, 3.05) is 6.54 Å². The molecule has 27 heavy (non-hydrogen) atoms. The van der Waals surface area contributed by atoms with Crippen molar-refractivity contribution in [2.45, 2.75) is 64.6 Å². The van der Waals surface area contributed by atoms with E-state index in [-0.39, 0.29) is 30.3 Å². The molecule has 1 saturated heterocycles. The van der Waals surface area contributed by atoms with Crippen LogP contribution in [0.25, 0.3) is 0 Å². The molecular formula is C21H29N3O3. The van der Waals surface area contributed by atoms with Crippen molar-refractivity contribution < 1.29 is 14.4 Å². The Morgan fingerprint density at radius 2 is 1.96 bits per heavy atom. The van der Waals surface area contributed by atoms with Crippen LogP contribution in [0.15, 0.2) is 30.3 Å². The lowest BCUT2D eigenvalue weighted by Crippen LogP contribution is -2.54. The van der Waals surface area contributed by atoms with Crippen molar-refractivity contribution in [1.29, 1.82) is 0 Å². The molecular weight excluding hydrogens is 342 g/mol. The summed E-state index contributed by atoms with van der Waals surface area (Å²) in [4.78, 5) is 41.3. The lowest BCUT2D eigenvalue weighted by Gasteiger charge is -2.37. The molecule has 0 bridgehead atoms. The summed E-state index contributed by atoms with van der Waals surface area (Å²) in [5.41, 5.74) is 0.201. The summed E-state index contributed by atoms with van der Waals surface area (Å²) in [6.45, 7) is 6.15. The number of nitrogens with one attached hydrogen (secondary N) is 1. The average molecular weight is 371 g/mol. The molecule has 1 aromatic rings. The van der Waals surface area contributed by atoms with Gasteiger partial charge in [-0.3, -0.25) is 14.5 Å². The molecule has 146 valence electrons. The van der Waals surface area contributed by atoms with Gasteiger partial charge in [0.1, 0.15) is 12.1 Å². The molecule has 1 aromatic carbocycles. The summed E-state index contributed by atoms with van der Waals surface area (Å²) < 4.78 is 0. The van der Waals surface area contributed by atoms with Gasteiger partial charge in [0.2, 0.25) is 5.91 Å². The lowest BCUT2D eigenvalue weighted by atomic mass is 9.73. The first-order valence-electron chi connectivity index (χ1n) is 9.82. The molecule has 1 saturated carbocycles. The second-order valence-corrected chi connectivity index (χ2v) is 8.04. The topological polar surface area (TPSA) is 69.7 Å². The Hall–Kier alpha value is -2.37. The molecule has 6 nitrogen and oxygen atoms in total. The predicted octanol–water partition coefficient (Wildman–Crippen LogP) is 2.92. The molecule has 1 aliphatic carbocycles. The minimum atomic E-state index is -0.822. The van der Waals surface area contributed by atoms with Gasteiger partial charge in [0.25, 0.3) is 5.91 Å². The largest absolute Gasteiger partial charge is 0.334 e. The summed E-state index contributed by atoms with van der Waals surface area (Å²) in [7, 11) is 0. The monoisotopic (exact) mass is 371 g/mol. The van der Waals surface area contributed by atoms with E-state index in [4.69, 9.17) is 0 Å². The van der Waals surface area contributed by atoms with E-state index in [1.165, 1.54) is 0 Å². The van der Waals surface area contributed by atoms with Crippen molar-refractivity contribution >= 4 is 17.8 Å². The fourth-order valence-corrected chi connectivity index (χ4v) is 4.20. The van der Waals surface area contributed by atoms with E-state index in [2.05, 4.69) is 5.32 Å². The number of hydrogen-bond acceptors (Lipinski definition) is 3. The Balaban J connectivity index is 1.73. The summed E-state index contributed by atoms with van der Waals surface area (Å²) in [5.74, 6) is -0.359. The van der Waals surface area contributed by atoms with Gasteiger partial charge >= 0.3 is 6.03 Å². The Morgan fingerprint density at radius 3 is 2.59 bits per heavy atom. The number of rotatable bonds is 5. The quantitative estimate of drug-likeness (QED) is 0.809. The van der Waals surface area contributed by atoms with Crippen LogP contribution in [0.3, 0.4) is 0 Å². The molecule has 0 unspecified atom stereocenters. The third kappa shape index (κ3) is 3.70. The van der Waals surface area contributed by atoms with Crippen molar-refractivity contribution in [3.05, 3.63) is 35.9 Å². The summed E-state index contributed by atoms with van der Waals surface area (Å²) in [5, 5.41) is 2.91. The summed E-state index contributed by atoms with van der Waals surface area (Å²) in [6, 6.07) is 9.27. The van der Waals surface area contributed by atoms with Crippen molar-refractivity contribution in [2.24, 2.45) is 5.92 Å². The first-order chi connectivity index (χ1) is 12.8. The number of carbonyl (C=O) groups excluding carboxylic acids is 3. The first-order valence-corrected chi connectivity index (χ1v) is 9.82. The van der Waals surface area contributed by atoms with E-state index in [0.717, 1.165) is 29.7 Å². The van der Waals surface area contributed by atoms with Gasteiger partial charge in [-0.1, -0.05) is 50.1 Å². The number of hydrogen-bond donors (Lipinski definition) is 1. The number of amides is 4. The molecule has 4 amide bonds. The number of carbonyl (C=O) groups is 3. The Kier molecular flexibility index (Phi) is 5.53. The number of urea groups is 1. The molecule has 2 fully saturated rings. The smallest absolute Gasteiger partial charge is 0.325 e. The fourth-order valence-electron chi connectivity index (χ4n) is 4.20. The SMILES string of the molecule is CC(C)N(Cc1ccccc1)C(=O)CN1C(=O)N[C@]2(CCCC[C@H]2C)C1=O. The predicted molar refractivity (Wildman–Crippen MR) is 103 cm³/mol. The molecule has 6 heteroatoms. The fraction of sp³-hybridized carbons (Fsp3) is 0.571. The number of benzene rings is 1. The molecule has 0 aromatic heterocycles. The Labute approximate surface area is 160 Å². The third-order valence-electron chi connectivity index (χ3n) is 5.93. The Morgan fingerprint density at radius 1 is 1.26 bits per heavy atom.